The molecule has 3 heteroatoms. The topological polar surface area (TPSA) is 40.1 Å². The third-order valence-corrected chi connectivity index (χ3v) is 2.31. The van der Waals surface area contributed by atoms with E-state index in [0.717, 1.165) is 11.1 Å². The van der Waals surface area contributed by atoms with Gasteiger partial charge in [-0.25, -0.2) is 0 Å². The molecule has 0 aliphatic heterocycles. The van der Waals surface area contributed by atoms with Crippen molar-refractivity contribution in [3.63, 3.8) is 0 Å². The summed E-state index contributed by atoms with van der Waals surface area (Å²) in [5.41, 5.74) is 1.58. The first-order valence-electron chi connectivity index (χ1n) is 4.01. The van der Waals surface area contributed by atoms with E-state index in [1.165, 1.54) is 0 Å². The van der Waals surface area contributed by atoms with Crippen LogP contribution in [0.15, 0.2) is 24.3 Å². The Morgan fingerprint density at radius 3 is 2.69 bits per heavy atom. The van der Waals surface area contributed by atoms with Crippen molar-refractivity contribution >= 4 is 17.6 Å². The molecule has 0 aliphatic rings. The van der Waals surface area contributed by atoms with Crippen molar-refractivity contribution in [2.75, 3.05) is 0 Å². The Bertz CT molecular complexity index is 310. The van der Waals surface area contributed by atoms with Crippen LogP contribution in [0, 0.1) is 0 Å². The molecule has 0 saturated carbocycles. The van der Waals surface area contributed by atoms with Crippen molar-refractivity contribution in [1.82, 2.24) is 0 Å². The molecule has 2 nitrogen and oxygen atoms in total. The first-order valence-corrected chi connectivity index (χ1v) is 4.55. The number of carboxylic acid groups (broad SMARTS) is 1. The van der Waals surface area contributed by atoms with Crippen LogP contribution in [0.1, 0.15) is 24.0 Å². The van der Waals surface area contributed by atoms with Crippen LogP contribution in [0.2, 0.25) is 0 Å². The van der Waals surface area contributed by atoms with Crippen molar-refractivity contribution < 1.29 is 9.90 Å². The maximum atomic E-state index is 10.6. The molecule has 13 heavy (non-hydrogen) atoms. The minimum atomic E-state index is -1.07. The molecule has 0 bridgehead atoms. The smallest absolute Gasteiger partial charge is 0.0486 e. The van der Waals surface area contributed by atoms with Gasteiger partial charge in [0.1, 0.15) is 0 Å². The molecule has 0 saturated heterocycles. The number of aliphatic carboxylic acids is 1. The molecule has 0 N–H and O–H groups in total. The van der Waals surface area contributed by atoms with Gasteiger partial charge < -0.3 is 9.90 Å². The van der Waals surface area contributed by atoms with Gasteiger partial charge in [0, 0.05) is 17.8 Å². The molecule has 0 aliphatic carbocycles. The fourth-order valence-electron chi connectivity index (χ4n) is 1.21. The second-order valence-corrected chi connectivity index (χ2v) is 3.14. The molecule has 1 rings (SSSR count). The van der Waals surface area contributed by atoms with Crippen molar-refractivity contribution in [2.45, 2.75) is 18.7 Å². The summed E-state index contributed by atoms with van der Waals surface area (Å²) in [6.45, 7) is 1.60. The van der Waals surface area contributed by atoms with E-state index in [1.54, 1.807) is 19.1 Å². The predicted octanol–water partition coefficient (Wildman–Crippen LogP) is 1.28. The Labute approximate surface area is 82.2 Å². The summed E-state index contributed by atoms with van der Waals surface area (Å²) in [6.07, 6.45) is 0. The quantitative estimate of drug-likeness (QED) is 0.685. The van der Waals surface area contributed by atoms with Crippen molar-refractivity contribution in [2.24, 2.45) is 0 Å². The molecule has 70 valence electrons. The molecular formula is C10H10ClO2-. The molecule has 0 amide bonds. The summed E-state index contributed by atoms with van der Waals surface area (Å²) in [4.78, 5) is 10.6. The van der Waals surface area contributed by atoms with E-state index in [2.05, 4.69) is 0 Å². The van der Waals surface area contributed by atoms with Crippen LogP contribution >= 0.6 is 11.6 Å². The van der Waals surface area contributed by atoms with Gasteiger partial charge in [-0.2, -0.15) is 0 Å². The zero-order valence-electron chi connectivity index (χ0n) is 7.29. The van der Waals surface area contributed by atoms with Gasteiger partial charge in [0.25, 0.3) is 0 Å². The highest BCUT2D eigenvalue weighted by Crippen LogP contribution is 2.20. The maximum absolute atomic E-state index is 10.6. The van der Waals surface area contributed by atoms with Crippen molar-refractivity contribution in [1.29, 1.82) is 0 Å². The molecule has 0 heterocycles. The van der Waals surface area contributed by atoms with Crippen LogP contribution in [0.4, 0.5) is 0 Å². The Morgan fingerprint density at radius 2 is 2.15 bits per heavy atom. The number of hydrogen-bond donors (Lipinski definition) is 0. The standard InChI is InChI=1S/C10H11ClO2/c1-7(10(12)13)9-5-3-2-4-8(9)6-11/h2-5,7H,6H2,1H3,(H,12,13)/p-1. The van der Waals surface area contributed by atoms with Crippen LogP contribution < -0.4 is 5.11 Å². The van der Waals surface area contributed by atoms with Crippen molar-refractivity contribution in [3.05, 3.63) is 35.4 Å². The number of hydrogen-bond acceptors (Lipinski definition) is 2. The summed E-state index contributed by atoms with van der Waals surface area (Å²) < 4.78 is 0. The Kier molecular flexibility index (Phi) is 3.32. The Morgan fingerprint density at radius 1 is 1.54 bits per heavy atom. The van der Waals surface area contributed by atoms with Gasteiger partial charge in [0.15, 0.2) is 0 Å². The molecule has 0 spiro atoms. The Balaban J connectivity index is 3.05. The fraction of sp³-hybridized carbons (Fsp3) is 0.300. The Hall–Kier alpha value is -1.02. The average Bonchev–Trinajstić information content (AvgIpc) is 2.16. The first-order chi connectivity index (χ1) is 6.16. The molecule has 1 unspecified atom stereocenters. The molecule has 0 fully saturated rings. The summed E-state index contributed by atoms with van der Waals surface area (Å²) in [6, 6.07) is 7.22. The summed E-state index contributed by atoms with van der Waals surface area (Å²) in [7, 11) is 0. The normalized spacial score (nSPS) is 12.5. The second-order valence-electron chi connectivity index (χ2n) is 2.87. The third kappa shape index (κ3) is 2.22. The van der Waals surface area contributed by atoms with Crippen LogP contribution in [0.5, 0.6) is 0 Å². The minimum Gasteiger partial charge on any atom is -0.550 e. The zero-order valence-corrected chi connectivity index (χ0v) is 8.04. The molecule has 1 aromatic rings. The highest BCUT2D eigenvalue weighted by Gasteiger charge is 2.09. The molecule has 1 atom stereocenters. The number of rotatable bonds is 3. The fourth-order valence-corrected chi connectivity index (χ4v) is 1.45. The van der Waals surface area contributed by atoms with Gasteiger partial charge in [-0.05, 0) is 11.1 Å². The highest BCUT2D eigenvalue weighted by atomic mass is 35.5. The van der Waals surface area contributed by atoms with E-state index < -0.39 is 11.9 Å². The highest BCUT2D eigenvalue weighted by molar-refractivity contribution is 6.17. The lowest BCUT2D eigenvalue weighted by molar-refractivity contribution is -0.307. The number of carbonyl (C=O) groups excluding carboxylic acids is 1. The molecular weight excluding hydrogens is 188 g/mol. The minimum absolute atomic E-state index is 0.327. The van der Waals surface area contributed by atoms with E-state index in [4.69, 9.17) is 11.6 Å². The van der Waals surface area contributed by atoms with Gasteiger partial charge >= 0.3 is 0 Å². The number of carbonyl (C=O) groups is 1. The van der Waals surface area contributed by atoms with E-state index in [0.29, 0.717) is 5.88 Å². The predicted molar refractivity (Wildman–Crippen MR) is 49.4 cm³/mol. The summed E-state index contributed by atoms with van der Waals surface area (Å²) >= 11 is 5.67. The largest absolute Gasteiger partial charge is 0.550 e. The molecule has 1 aromatic carbocycles. The summed E-state index contributed by atoms with van der Waals surface area (Å²) in [5.74, 6) is -1.35. The second kappa shape index (κ2) is 4.28. The van der Waals surface area contributed by atoms with Gasteiger partial charge in [-0.1, -0.05) is 31.2 Å². The van der Waals surface area contributed by atoms with Crippen LogP contribution in [-0.2, 0) is 10.7 Å². The van der Waals surface area contributed by atoms with Crippen LogP contribution in [0.25, 0.3) is 0 Å². The van der Waals surface area contributed by atoms with Gasteiger partial charge in [0.2, 0.25) is 0 Å². The lowest BCUT2D eigenvalue weighted by Gasteiger charge is -2.15. The van der Waals surface area contributed by atoms with E-state index in [-0.39, 0.29) is 0 Å². The number of halogens is 1. The maximum Gasteiger partial charge on any atom is 0.0486 e. The van der Waals surface area contributed by atoms with Gasteiger partial charge in [-0.15, -0.1) is 11.6 Å². The third-order valence-electron chi connectivity index (χ3n) is 2.02. The number of carboxylic acids is 1. The number of benzene rings is 1. The van der Waals surface area contributed by atoms with E-state index in [9.17, 15) is 9.90 Å². The van der Waals surface area contributed by atoms with Crippen LogP contribution in [-0.4, -0.2) is 5.97 Å². The summed E-state index contributed by atoms with van der Waals surface area (Å²) in [5, 5.41) is 10.6. The van der Waals surface area contributed by atoms with E-state index >= 15 is 0 Å². The molecule has 0 aromatic heterocycles. The van der Waals surface area contributed by atoms with Crippen molar-refractivity contribution in [3.8, 4) is 0 Å². The zero-order chi connectivity index (χ0) is 9.84. The average molecular weight is 198 g/mol. The van der Waals surface area contributed by atoms with E-state index in [1.807, 2.05) is 12.1 Å². The lowest BCUT2D eigenvalue weighted by Crippen LogP contribution is -2.28. The SMILES string of the molecule is CC(C(=O)[O-])c1ccccc1CCl. The van der Waals surface area contributed by atoms with Gasteiger partial charge in [-0.3, -0.25) is 0 Å². The van der Waals surface area contributed by atoms with Crippen LogP contribution in [0.3, 0.4) is 0 Å². The first kappa shape index (κ1) is 10.1. The van der Waals surface area contributed by atoms with Gasteiger partial charge in [0.05, 0.1) is 0 Å². The number of alkyl halides is 1. The lowest BCUT2D eigenvalue weighted by atomic mass is 9.97. The molecule has 0 radical (unpaired) electrons. The monoisotopic (exact) mass is 197 g/mol.